The van der Waals surface area contributed by atoms with Crippen LogP contribution in [0.5, 0.6) is 0 Å². The molecule has 0 aliphatic heterocycles. The first-order valence-corrected chi connectivity index (χ1v) is 4.73. The molecule has 0 aliphatic rings. The zero-order valence-electron chi connectivity index (χ0n) is 7.28. The molecule has 1 aromatic carbocycles. The van der Waals surface area contributed by atoms with Gasteiger partial charge in [0.15, 0.2) is 0 Å². The van der Waals surface area contributed by atoms with Gasteiger partial charge in [0.1, 0.15) is 5.82 Å². The number of aromatic nitrogens is 3. The summed E-state index contributed by atoms with van der Waals surface area (Å²) in [6, 6.07) is 4.26. The Bertz CT molecular complexity index is 504. The van der Waals surface area contributed by atoms with Crippen LogP contribution in [-0.4, -0.2) is 15.2 Å². The molecular formula is C9H4Cl2FN3. The smallest absolute Gasteiger partial charge is 0.215 e. The number of halogens is 3. The van der Waals surface area contributed by atoms with E-state index >= 15 is 0 Å². The van der Waals surface area contributed by atoms with Crippen molar-refractivity contribution >= 4 is 23.2 Å². The van der Waals surface area contributed by atoms with Crippen LogP contribution in [0, 0.1) is 5.82 Å². The van der Waals surface area contributed by atoms with E-state index in [0.717, 1.165) is 0 Å². The van der Waals surface area contributed by atoms with Gasteiger partial charge >= 0.3 is 0 Å². The largest absolute Gasteiger partial charge is 0.243 e. The van der Waals surface area contributed by atoms with E-state index in [9.17, 15) is 4.39 Å². The topological polar surface area (TPSA) is 38.7 Å². The van der Waals surface area contributed by atoms with Crippen LogP contribution in [0.1, 0.15) is 0 Å². The van der Waals surface area contributed by atoms with Crippen molar-refractivity contribution in [3.8, 4) is 11.3 Å². The first-order valence-electron chi connectivity index (χ1n) is 3.97. The normalized spacial score (nSPS) is 10.3. The number of hydrogen-bond donors (Lipinski definition) is 0. The molecule has 0 aliphatic carbocycles. The van der Waals surface area contributed by atoms with Crippen LogP contribution >= 0.6 is 23.2 Å². The lowest BCUT2D eigenvalue weighted by Gasteiger charge is -2.00. The molecule has 0 N–H and O–H groups in total. The molecule has 15 heavy (non-hydrogen) atoms. The van der Waals surface area contributed by atoms with E-state index in [2.05, 4.69) is 15.2 Å². The van der Waals surface area contributed by atoms with Gasteiger partial charge in [0.2, 0.25) is 5.28 Å². The fraction of sp³-hybridized carbons (Fsp3) is 0. The van der Waals surface area contributed by atoms with Crippen LogP contribution in [-0.2, 0) is 0 Å². The summed E-state index contributed by atoms with van der Waals surface area (Å²) in [6.45, 7) is 0. The lowest BCUT2D eigenvalue weighted by Crippen LogP contribution is -1.90. The van der Waals surface area contributed by atoms with Crippen LogP contribution < -0.4 is 0 Å². The minimum atomic E-state index is -0.478. The van der Waals surface area contributed by atoms with E-state index in [1.54, 1.807) is 6.07 Å². The third kappa shape index (κ3) is 2.22. The SMILES string of the molecule is Fc1ccc(-c2cnnc(Cl)n2)cc1Cl. The van der Waals surface area contributed by atoms with Crippen LogP contribution in [0.25, 0.3) is 11.3 Å². The van der Waals surface area contributed by atoms with Crippen LogP contribution in [0.4, 0.5) is 4.39 Å². The number of rotatable bonds is 1. The molecule has 0 saturated carbocycles. The molecule has 0 spiro atoms. The summed E-state index contributed by atoms with van der Waals surface area (Å²) in [6.07, 6.45) is 1.43. The van der Waals surface area contributed by atoms with E-state index in [0.29, 0.717) is 11.3 Å². The minimum absolute atomic E-state index is 0.0298. The third-order valence-corrected chi connectivity index (χ3v) is 2.20. The van der Waals surface area contributed by atoms with E-state index in [4.69, 9.17) is 23.2 Å². The average molecular weight is 244 g/mol. The van der Waals surface area contributed by atoms with Crippen LogP contribution in [0.15, 0.2) is 24.4 Å². The van der Waals surface area contributed by atoms with Gasteiger partial charge < -0.3 is 0 Å². The predicted molar refractivity (Wildman–Crippen MR) is 55.2 cm³/mol. The van der Waals surface area contributed by atoms with Crippen molar-refractivity contribution in [1.82, 2.24) is 15.2 Å². The number of hydrogen-bond acceptors (Lipinski definition) is 3. The average Bonchev–Trinajstić information content (AvgIpc) is 2.22. The molecule has 0 radical (unpaired) electrons. The van der Waals surface area contributed by atoms with Crippen molar-refractivity contribution in [2.24, 2.45) is 0 Å². The van der Waals surface area contributed by atoms with Gasteiger partial charge in [-0.15, -0.1) is 5.10 Å². The van der Waals surface area contributed by atoms with Gasteiger partial charge in [0.25, 0.3) is 0 Å². The molecule has 0 unspecified atom stereocenters. The molecule has 76 valence electrons. The fourth-order valence-corrected chi connectivity index (χ4v) is 1.39. The van der Waals surface area contributed by atoms with Crippen molar-refractivity contribution in [3.05, 3.63) is 40.5 Å². The zero-order chi connectivity index (χ0) is 10.8. The van der Waals surface area contributed by atoms with E-state index in [1.807, 2.05) is 0 Å². The summed E-state index contributed by atoms with van der Waals surface area (Å²) in [4.78, 5) is 3.92. The van der Waals surface area contributed by atoms with Gasteiger partial charge in [-0.2, -0.15) is 5.10 Å². The molecule has 2 rings (SSSR count). The summed E-state index contributed by atoms with van der Waals surface area (Å²) < 4.78 is 12.9. The Labute approximate surface area is 94.9 Å². The van der Waals surface area contributed by atoms with Crippen LogP contribution in [0.2, 0.25) is 10.3 Å². The first-order chi connectivity index (χ1) is 7.16. The minimum Gasteiger partial charge on any atom is -0.215 e. The molecule has 1 aromatic heterocycles. The summed E-state index contributed by atoms with van der Waals surface area (Å²) in [5, 5.41) is 7.20. The quantitative estimate of drug-likeness (QED) is 0.773. The molecule has 0 atom stereocenters. The van der Waals surface area contributed by atoms with Crippen molar-refractivity contribution < 1.29 is 4.39 Å². The monoisotopic (exact) mass is 243 g/mol. The third-order valence-electron chi connectivity index (χ3n) is 1.75. The van der Waals surface area contributed by atoms with Crippen molar-refractivity contribution in [1.29, 1.82) is 0 Å². The second kappa shape index (κ2) is 4.08. The Morgan fingerprint density at radius 2 is 2.00 bits per heavy atom. The number of nitrogens with zero attached hydrogens (tertiary/aromatic N) is 3. The molecule has 3 nitrogen and oxygen atoms in total. The van der Waals surface area contributed by atoms with Gasteiger partial charge in [-0.05, 0) is 29.8 Å². The summed E-state index contributed by atoms with van der Waals surface area (Å²) in [7, 11) is 0. The molecule has 1 heterocycles. The lowest BCUT2D eigenvalue weighted by atomic mass is 10.2. The van der Waals surface area contributed by atoms with E-state index < -0.39 is 5.82 Å². The molecule has 2 aromatic rings. The van der Waals surface area contributed by atoms with Gasteiger partial charge in [0, 0.05) is 5.56 Å². The van der Waals surface area contributed by atoms with Gasteiger partial charge in [0.05, 0.1) is 16.9 Å². The molecular weight excluding hydrogens is 240 g/mol. The van der Waals surface area contributed by atoms with Gasteiger partial charge in [-0.25, -0.2) is 9.37 Å². The highest BCUT2D eigenvalue weighted by atomic mass is 35.5. The summed E-state index contributed by atoms with van der Waals surface area (Å²) in [5.41, 5.74) is 1.13. The lowest BCUT2D eigenvalue weighted by molar-refractivity contribution is 0.628. The van der Waals surface area contributed by atoms with E-state index in [-0.39, 0.29) is 10.3 Å². The maximum absolute atomic E-state index is 12.9. The molecule has 0 saturated heterocycles. The Hall–Kier alpha value is -1.26. The number of benzene rings is 1. The maximum Gasteiger partial charge on any atom is 0.243 e. The summed E-state index contributed by atoms with van der Waals surface area (Å²) in [5.74, 6) is -0.478. The Kier molecular flexibility index (Phi) is 2.79. The second-order valence-corrected chi connectivity index (χ2v) is 3.48. The van der Waals surface area contributed by atoms with Crippen molar-refractivity contribution in [2.75, 3.05) is 0 Å². The standard InChI is InChI=1S/C9H4Cl2FN3/c10-6-3-5(1-2-7(6)12)8-4-13-15-9(11)14-8/h1-4H. The van der Waals surface area contributed by atoms with Crippen LogP contribution in [0.3, 0.4) is 0 Å². The van der Waals surface area contributed by atoms with E-state index in [1.165, 1.54) is 18.3 Å². The highest BCUT2D eigenvalue weighted by Gasteiger charge is 2.05. The Morgan fingerprint density at radius 3 is 2.67 bits per heavy atom. The molecule has 0 amide bonds. The highest BCUT2D eigenvalue weighted by molar-refractivity contribution is 6.31. The molecule has 0 fully saturated rings. The second-order valence-electron chi connectivity index (χ2n) is 2.74. The first kappa shape index (κ1) is 10.3. The molecule has 6 heteroatoms. The zero-order valence-corrected chi connectivity index (χ0v) is 8.80. The Morgan fingerprint density at radius 1 is 1.20 bits per heavy atom. The van der Waals surface area contributed by atoms with Crippen molar-refractivity contribution in [3.63, 3.8) is 0 Å². The van der Waals surface area contributed by atoms with Gasteiger partial charge in [-0.3, -0.25) is 0 Å². The summed E-state index contributed by atoms with van der Waals surface area (Å²) >= 11 is 11.2. The predicted octanol–water partition coefficient (Wildman–Crippen LogP) is 2.98. The fourth-order valence-electron chi connectivity index (χ4n) is 1.08. The molecule has 0 bridgehead atoms. The van der Waals surface area contributed by atoms with Gasteiger partial charge in [-0.1, -0.05) is 11.6 Å². The maximum atomic E-state index is 12.9. The highest BCUT2D eigenvalue weighted by Crippen LogP contribution is 2.23. The Balaban J connectivity index is 2.50. The van der Waals surface area contributed by atoms with Crippen molar-refractivity contribution in [2.45, 2.75) is 0 Å².